The fourth-order valence-electron chi connectivity index (χ4n) is 3.34. The van der Waals surface area contributed by atoms with E-state index >= 15 is 0 Å². The molecule has 2 heterocycles. The Morgan fingerprint density at radius 2 is 1.63 bits per heavy atom. The van der Waals surface area contributed by atoms with E-state index in [0.717, 1.165) is 80.3 Å². The molecule has 6 nitrogen and oxygen atoms in total. The van der Waals surface area contributed by atoms with Crippen LogP contribution in [0.15, 0.2) is 42.7 Å². The average Bonchev–Trinajstić information content (AvgIpc) is 2.76. The van der Waals surface area contributed by atoms with Crippen molar-refractivity contribution >= 4 is 34.1 Å². The number of nitrogens with zero attached hydrogens (tertiary/aromatic N) is 3. The molecule has 0 saturated heterocycles. The SMILES string of the molecule is OCCCCCNc1nccc(CCCCCNc2ccnc3cc(Cl)ccc23)n1. The van der Waals surface area contributed by atoms with Gasteiger partial charge in [0.05, 0.1) is 5.52 Å². The third-order valence-corrected chi connectivity index (χ3v) is 5.20. The number of pyridine rings is 1. The molecular formula is C23H30ClN5O. The molecule has 1 aromatic carbocycles. The molecule has 30 heavy (non-hydrogen) atoms. The van der Waals surface area contributed by atoms with Gasteiger partial charge in [0.2, 0.25) is 5.95 Å². The van der Waals surface area contributed by atoms with Gasteiger partial charge in [-0.05, 0) is 68.9 Å². The van der Waals surface area contributed by atoms with Crippen molar-refractivity contribution in [3.8, 4) is 0 Å². The fraction of sp³-hybridized carbons (Fsp3) is 0.435. The highest BCUT2D eigenvalue weighted by molar-refractivity contribution is 6.31. The van der Waals surface area contributed by atoms with Crippen molar-refractivity contribution < 1.29 is 5.11 Å². The molecule has 0 spiro atoms. The zero-order chi connectivity index (χ0) is 21.0. The van der Waals surface area contributed by atoms with E-state index in [-0.39, 0.29) is 6.61 Å². The van der Waals surface area contributed by atoms with E-state index in [9.17, 15) is 0 Å². The van der Waals surface area contributed by atoms with Crippen molar-refractivity contribution in [2.75, 3.05) is 30.3 Å². The predicted molar refractivity (Wildman–Crippen MR) is 124 cm³/mol. The van der Waals surface area contributed by atoms with Crippen molar-refractivity contribution in [1.82, 2.24) is 15.0 Å². The monoisotopic (exact) mass is 427 g/mol. The van der Waals surface area contributed by atoms with Gasteiger partial charge in [-0.1, -0.05) is 18.0 Å². The molecule has 7 heteroatoms. The van der Waals surface area contributed by atoms with E-state index in [1.54, 1.807) is 0 Å². The standard InChI is InChI=1S/C23H30ClN5O/c24-18-8-9-20-21(11-15-26-22(20)17-18)25-12-4-1-3-7-19-10-14-28-23(29-19)27-13-5-2-6-16-30/h8-11,14-15,17,30H,1-7,12-13,16H2,(H,25,26)(H,27,28,29). The average molecular weight is 428 g/mol. The van der Waals surface area contributed by atoms with Crippen molar-refractivity contribution in [1.29, 1.82) is 0 Å². The Bertz CT molecular complexity index is 921. The number of rotatable bonds is 13. The first-order chi connectivity index (χ1) is 14.8. The molecule has 160 valence electrons. The zero-order valence-corrected chi connectivity index (χ0v) is 18.0. The normalized spacial score (nSPS) is 11.0. The number of hydrogen-bond donors (Lipinski definition) is 3. The predicted octanol–water partition coefficient (Wildman–Crippen LogP) is 5.08. The van der Waals surface area contributed by atoms with Gasteiger partial charge in [0, 0.05) is 53.9 Å². The van der Waals surface area contributed by atoms with Gasteiger partial charge in [0.1, 0.15) is 0 Å². The van der Waals surface area contributed by atoms with E-state index < -0.39 is 0 Å². The molecular weight excluding hydrogens is 398 g/mol. The molecule has 0 aliphatic heterocycles. The molecule has 0 bridgehead atoms. The lowest BCUT2D eigenvalue weighted by Gasteiger charge is -2.10. The summed E-state index contributed by atoms with van der Waals surface area (Å²) in [5.74, 6) is 0.697. The number of hydrogen-bond acceptors (Lipinski definition) is 6. The van der Waals surface area contributed by atoms with Crippen LogP contribution in [0.2, 0.25) is 5.02 Å². The van der Waals surface area contributed by atoms with Crippen LogP contribution in [0.3, 0.4) is 0 Å². The molecule has 0 fully saturated rings. The number of aliphatic hydroxyl groups excluding tert-OH is 1. The number of fused-ring (bicyclic) bond motifs is 1. The molecule has 0 aliphatic rings. The van der Waals surface area contributed by atoms with Crippen LogP contribution in [0, 0.1) is 0 Å². The number of aliphatic hydroxyl groups is 1. The second-order valence-electron chi connectivity index (χ2n) is 7.34. The maximum Gasteiger partial charge on any atom is 0.222 e. The van der Waals surface area contributed by atoms with Gasteiger partial charge in [0.25, 0.3) is 0 Å². The summed E-state index contributed by atoms with van der Waals surface area (Å²) < 4.78 is 0. The van der Waals surface area contributed by atoms with E-state index in [4.69, 9.17) is 16.7 Å². The minimum absolute atomic E-state index is 0.259. The fourth-order valence-corrected chi connectivity index (χ4v) is 3.51. The Labute approximate surface area is 183 Å². The molecule has 0 radical (unpaired) electrons. The molecule has 3 N–H and O–H groups in total. The maximum atomic E-state index is 8.81. The van der Waals surface area contributed by atoms with E-state index in [1.807, 2.05) is 42.7 Å². The third kappa shape index (κ3) is 7.11. The van der Waals surface area contributed by atoms with Crippen LogP contribution in [-0.2, 0) is 6.42 Å². The topological polar surface area (TPSA) is 83.0 Å². The van der Waals surface area contributed by atoms with Gasteiger partial charge in [-0.2, -0.15) is 0 Å². The number of benzene rings is 1. The van der Waals surface area contributed by atoms with Gasteiger partial charge in [-0.15, -0.1) is 0 Å². The van der Waals surface area contributed by atoms with E-state index in [2.05, 4.69) is 25.6 Å². The van der Waals surface area contributed by atoms with Gasteiger partial charge >= 0.3 is 0 Å². The molecule has 0 aliphatic carbocycles. The molecule has 0 unspecified atom stereocenters. The van der Waals surface area contributed by atoms with Crippen molar-refractivity contribution in [2.24, 2.45) is 0 Å². The highest BCUT2D eigenvalue weighted by Crippen LogP contribution is 2.24. The summed E-state index contributed by atoms with van der Waals surface area (Å²) in [7, 11) is 0. The smallest absolute Gasteiger partial charge is 0.222 e. The second kappa shape index (κ2) is 12.3. The lowest BCUT2D eigenvalue weighted by Crippen LogP contribution is -2.07. The number of unbranched alkanes of at least 4 members (excludes halogenated alkanes) is 4. The highest BCUT2D eigenvalue weighted by atomic mass is 35.5. The lowest BCUT2D eigenvalue weighted by molar-refractivity contribution is 0.283. The Balaban J connectivity index is 1.35. The highest BCUT2D eigenvalue weighted by Gasteiger charge is 2.03. The van der Waals surface area contributed by atoms with Crippen LogP contribution in [-0.4, -0.2) is 39.8 Å². The van der Waals surface area contributed by atoms with Crippen LogP contribution in [0.4, 0.5) is 11.6 Å². The minimum Gasteiger partial charge on any atom is -0.396 e. The van der Waals surface area contributed by atoms with Crippen LogP contribution in [0.25, 0.3) is 10.9 Å². The number of nitrogens with one attached hydrogen (secondary N) is 2. The minimum atomic E-state index is 0.259. The summed E-state index contributed by atoms with van der Waals surface area (Å²) in [4.78, 5) is 13.3. The number of anilines is 2. The van der Waals surface area contributed by atoms with Crippen LogP contribution >= 0.6 is 11.6 Å². The number of halogens is 1. The largest absolute Gasteiger partial charge is 0.396 e. The first-order valence-corrected chi connectivity index (χ1v) is 11.1. The lowest BCUT2D eigenvalue weighted by atomic mass is 10.1. The molecule has 0 saturated carbocycles. The Hall–Kier alpha value is -2.44. The first-order valence-electron chi connectivity index (χ1n) is 10.7. The summed E-state index contributed by atoms with van der Waals surface area (Å²) >= 11 is 6.05. The summed E-state index contributed by atoms with van der Waals surface area (Å²) in [5.41, 5.74) is 3.09. The van der Waals surface area contributed by atoms with Crippen LogP contribution in [0.1, 0.15) is 44.2 Å². The molecule has 0 atom stereocenters. The summed E-state index contributed by atoms with van der Waals surface area (Å²) in [6, 6.07) is 9.80. The molecule has 2 aromatic heterocycles. The molecule has 3 rings (SSSR count). The molecule has 3 aromatic rings. The van der Waals surface area contributed by atoms with E-state index in [1.165, 1.54) is 0 Å². The summed E-state index contributed by atoms with van der Waals surface area (Å²) in [6.07, 6.45) is 10.8. The first kappa shape index (κ1) is 22.2. The number of aryl methyl sites for hydroxylation is 1. The van der Waals surface area contributed by atoms with Crippen molar-refractivity contribution in [3.05, 3.63) is 53.4 Å². The van der Waals surface area contributed by atoms with Crippen molar-refractivity contribution in [3.63, 3.8) is 0 Å². The van der Waals surface area contributed by atoms with Gasteiger partial charge < -0.3 is 15.7 Å². The van der Waals surface area contributed by atoms with Crippen LogP contribution < -0.4 is 10.6 Å². The van der Waals surface area contributed by atoms with Crippen LogP contribution in [0.5, 0.6) is 0 Å². The van der Waals surface area contributed by atoms with Gasteiger partial charge in [-0.25, -0.2) is 9.97 Å². The summed E-state index contributed by atoms with van der Waals surface area (Å²) in [6.45, 7) is 2.02. The van der Waals surface area contributed by atoms with Gasteiger partial charge in [0.15, 0.2) is 0 Å². The maximum absolute atomic E-state index is 8.81. The third-order valence-electron chi connectivity index (χ3n) is 4.96. The Morgan fingerprint density at radius 1 is 0.833 bits per heavy atom. The zero-order valence-electron chi connectivity index (χ0n) is 17.3. The van der Waals surface area contributed by atoms with Gasteiger partial charge in [-0.3, -0.25) is 4.98 Å². The van der Waals surface area contributed by atoms with E-state index in [0.29, 0.717) is 11.0 Å². The Morgan fingerprint density at radius 3 is 2.50 bits per heavy atom. The summed E-state index contributed by atoms with van der Waals surface area (Å²) in [5, 5.41) is 17.4. The number of aromatic nitrogens is 3. The van der Waals surface area contributed by atoms with Crippen molar-refractivity contribution in [2.45, 2.75) is 44.9 Å². The second-order valence-corrected chi connectivity index (χ2v) is 7.78. The molecule has 0 amide bonds. The Kier molecular flexibility index (Phi) is 9.12. The quantitative estimate of drug-likeness (QED) is 0.330.